The number of amides is 2. The zero-order chi connectivity index (χ0) is 15.2. The Balaban J connectivity index is 1.87. The number of alkyl halides is 2. The topological polar surface area (TPSA) is 54.0 Å². The van der Waals surface area contributed by atoms with Crippen molar-refractivity contribution < 1.29 is 13.6 Å². The van der Waals surface area contributed by atoms with Crippen molar-refractivity contribution in [1.29, 1.82) is 0 Å². The molecule has 112 valence electrons. The van der Waals surface area contributed by atoms with Crippen LogP contribution in [-0.2, 0) is 0 Å². The van der Waals surface area contributed by atoms with E-state index in [1.807, 2.05) is 12.3 Å². The van der Waals surface area contributed by atoms with Gasteiger partial charge in [-0.05, 0) is 31.2 Å². The molecule has 0 aliphatic heterocycles. The minimum Gasteiger partial charge on any atom is -0.329 e. The van der Waals surface area contributed by atoms with Gasteiger partial charge in [0, 0.05) is 22.2 Å². The Morgan fingerprint density at radius 2 is 2.05 bits per heavy atom. The van der Waals surface area contributed by atoms with E-state index < -0.39 is 5.76 Å². The largest absolute Gasteiger partial charge is 0.329 e. The van der Waals surface area contributed by atoms with Crippen LogP contribution in [0.1, 0.15) is 18.0 Å². The van der Waals surface area contributed by atoms with Crippen molar-refractivity contribution in [3.63, 3.8) is 0 Å². The molecule has 21 heavy (non-hydrogen) atoms. The van der Waals surface area contributed by atoms with Crippen LogP contribution in [0.3, 0.4) is 0 Å². The zero-order valence-corrected chi connectivity index (χ0v) is 12.7. The van der Waals surface area contributed by atoms with Gasteiger partial charge in [-0.25, -0.2) is 9.78 Å². The summed E-state index contributed by atoms with van der Waals surface area (Å²) in [6.45, 7) is 1.83. The lowest BCUT2D eigenvalue weighted by atomic mass is 10.3. The van der Waals surface area contributed by atoms with Crippen LogP contribution in [0.15, 0.2) is 40.7 Å². The number of anilines is 1. The number of benzene rings is 1. The first-order valence-corrected chi connectivity index (χ1v) is 7.82. The van der Waals surface area contributed by atoms with Crippen molar-refractivity contribution in [3.8, 4) is 0 Å². The van der Waals surface area contributed by atoms with E-state index in [4.69, 9.17) is 0 Å². The van der Waals surface area contributed by atoms with Crippen molar-refractivity contribution in [2.24, 2.45) is 0 Å². The maximum absolute atomic E-state index is 12.2. The third-order valence-corrected chi connectivity index (χ3v) is 4.19. The molecule has 0 aliphatic carbocycles. The number of aromatic nitrogens is 1. The molecule has 0 fully saturated rings. The van der Waals surface area contributed by atoms with Crippen molar-refractivity contribution in [1.82, 2.24) is 10.3 Å². The number of carbonyl (C=O) groups excluding carboxylic acids is 1. The predicted molar refractivity (Wildman–Crippen MR) is 81.0 cm³/mol. The Morgan fingerprint density at radius 3 is 2.62 bits per heavy atom. The lowest BCUT2D eigenvalue weighted by Gasteiger charge is -2.12. The number of thiazole rings is 1. The molecule has 1 unspecified atom stereocenters. The molecule has 0 aliphatic rings. The highest BCUT2D eigenvalue weighted by Crippen LogP contribution is 2.26. The molecule has 2 rings (SSSR count). The number of thioether (sulfide) groups is 1. The van der Waals surface area contributed by atoms with Crippen LogP contribution >= 0.6 is 23.1 Å². The van der Waals surface area contributed by atoms with Gasteiger partial charge in [0.25, 0.3) is 5.76 Å². The van der Waals surface area contributed by atoms with Crippen LogP contribution in [0.25, 0.3) is 0 Å². The molecule has 8 heteroatoms. The highest BCUT2D eigenvalue weighted by Gasteiger charge is 2.11. The fourth-order valence-corrected chi connectivity index (χ4v) is 2.74. The second kappa shape index (κ2) is 7.37. The maximum Gasteiger partial charge on any atom is 0.319 e. The number of rotatable bonds is 5. The van der Waals surface area contributed by atoms with Crippen LogP contribution in [-0.4, -0.2) is 16.8 Å². The molecule has 2 N–H and O–H groups in total. The van der Waals surface area contributed by atoms with Crippen LogP contribution in [0.5, 0.6) is 0 Å². The van der Waals surface area contributed by atoms with E-state index in [-0.39, 0.29) is 12.1 Å². The first-order valence-electron chi connectivity index (χ1n) is 6.06. The number of hydrogen-bond acceptors (Lipinski definition) is 4. The molecule has 1 aromatic carbocycles. The molecular weight excluding hydrogens is 316 g/mol. The Labute approximate surface area is 129 Å². The highest BCUT2D eigenvalue weighted by atomic mass is 32.2. The van der Waals surface area contributed by atoms with Crippen LogP contribution < -0.4 is 10.6 Å². The first kappa shape index (κ1) is 15.7. The molecule has 1 heterocycles. The summed E-state index contributed by atoms with van der Waals surface area (Å²) in [5, 5.41) is 8.05. The Bertz CT molecular complexity index is 576. The smallest absolute Gasteiger partial charge is 0.319 e. The van der Waals surface area contributed by atoms with Gasteiger partial charge in [0.2, 0.25) is 0 Å². The van der Waals surface area contributed by atoms with E-state index in [1.165, 1.54) is 23.5 Å². The second-order valence-corrected chi connectivity index (χ2v) is 6.08. The monoisotopic (exact) mass is 329 g/mol. The average Bonchev–Trinajstić information content (AvgIpc) is 2.94. The van der Waals surface area contributed by atoms with E-state index in [0.717, 1.165) is 5.01 Å². The molecule has 0 saturated heterocycles. The molecule has 0 radical (unpaired) electrons. The van der Waals surface area contributed by atoms with Crippen molar-refractivity contribution in [2.75, 3.05) is 5.32 Å². The van der Waals surface area contributed by atoms with E-state index >= 15 is 0 Å². The third-order valence-electron chi connectivity index (χ3n) is 2.51. The maximum atomic E-state index is 12.2. The molecular formula is C13H13F2N3OS2. The van der Waals surface area contributed by atoms with Crippen LogP contribution in [0.4, 0.5) is 19.3 Å². The van der Waals surface area contributed by atoms with Gasteiger partial charge in [0.1, 0.15) is 5.01 Å². The van der Waals surface area contributed by atoms with Gasteiger partial charge in [-0.3, -0.25) is 0 Å². The summed E-state index contributed by atoms with van der Waals surface area (Å²) < 4.78 is 24.4. The SMILES string of the molecule is CC(NC(=O)Nc1ccc(SC(F)F)cc1)c1nccs1. The number of nitrogens with one attached hydrogen (secondary N) is 2. The van der Waals surface area contributed by atoms with Gasteiger partial charge in [-0.2, -0.15) is 8.78 Å². The summed E-state index contributed by atoms with van der Waals surface area (Å²) in [6.07, 6.45) is 1.68. The molecule has 1 atom stereocenters. The Kier molecular flexibility index (Phi) is 5.51. The Morgan fingerprint density at radius 1 is 1.33 bits per heavy atom. The summed E-state index contributed by atoms with van der Waals surface area (Å²) in [7, 11) is 0. The molecule has 1 aromatic heterocycles. The molecule has 0 saturated carbocycles. The third kappa shape index (κ3) is 4.98. The number of urea groups is 1. The molecule has 0 bridgehead atoms. The average molecular weight is 329 g/mol. The summed E-state index contributed by atoms with van der Waals surface area (Å²) in [5.41, 5.74) is 0.539. The zero-order valence-electron chi connectivity index (χ0n) is 11.0. The Hall–Kier alpha value is -1.67. The van der Waals surface area contributed by atoms with Gasteiger partial charge < -0.3 is 10.6 Å². The van der Waals surface area contributed by atoms with Crippen molar-refractivity contribution >= 4 is 34.8 Å². The normalized spacial score (nSPS) is 12.2. The summed E-state index contributed by atoms with van der Waals surface area (Å²) in [5.74, 6) is -2.45. The van der Waals surface area contributed by atoms with E-state index in [1.54, 1.807) is 18.3 Å². The van der Waals surface area contributed by atoms with E-state index in [0.29, 0.717) is 22.3 Å². The van der Waals surface area contributed by atoms with Gasteiger partial charge in [0.05, 0.1) is 6.04 Å². The molecule has 4 nitrogen and oxygen atoms in total. The van der Waals surface area contributed by atoms with Gasteiger partial charge in [-0.15, -0.1) is 11.3 Å². The van der Waals surface area contributed by atoms with Crippen LogP contribution in [0.2, 0.25) is 0 Å². The lowest BCUT2D eigenvalue weighted by molar-refractivity contribution is 0.249. The number of halogens is 2. The number of carbonyl (C=O) groups is 1. The van der Waals surface area contributed by atoms with Gasteiger partial charge >= 0.3 is 6.03 Å². The van der Waals surface area contributed by atoms with E-state index in [9.17, 15) is 13.6 Å². The number of hydrogen-bond donors (Lipinski definition) is 2. The predicted octanol–water partition coefficient (Wildman–Crippen LogP) is 4.34. The van der Waals surface area contributed by atoms with Crippen molar-refractivity contribution in [2.45, 2.75) is 23.6 Å². The summed E-state index contributed by atoms with van der Waals surface area (Å²) in [4.78, 5) is 16.4. The van der Waals surface area contributed by atoms with Gasteiger partial charge in [-0.1, -0.05) is 11.8 Å². The van der Waals surface area contributed by atoms with Crippen molar-refractivity contribution in [3.05, 3.63) is 40.8 Å². The molecule has 0 spiro atoms. The first-order chi connectivity index (χ1) is 10.0. The number of nitrogens with zero attached hydrogens (tertiary/aromatic N) is 1. The second-order valence-electron chi connectivity index (χ2n) is 4.09. The van der Waals surface area contributed by atoms with Gasteiger partial charge in [0.15, 0.2) is 0 Å². The lowest BCUT2D eigenvalue weighted by Crippen LogP contribution is -2.31. The van der Waals surface area contributed by atoms with Crippen LogP contribution in [0, 0.1) is 0 Å². The fraction of sp³-hybridized carbons (Fsp3) is 0.231. The quantitative estimate of drug-likeness (QED) is 0.802. The minimum atomic E-state index is -2.45. The standard InChI is InChI=1S/C13H13F2N3OS2/c1-8(11-16-6-7-20-11)17-13(19)18-9-2-4-10(5-3-9)21-12(14)15/h2-8,12H,1H3,(H2,17,18,19). The van der Waals surface area contributed by atoms with E-state index in [2.05, 4.69) is 15.6 Å². The molecule has 2 amide bonds. The summed E-state index contributed by atoms with van der Waals surface area (Å²) in [6, 6.07) is 5.68. The molecule has 2 aromatic rings. The summed E-state index contributed by atoms with van der Waals surface area (Å²) >= 11 is 1.93. The fourth-order valence-electron chi connectivity index (χ4n) is 1.59. The highest BCUT2D eigenvalue weighted by molar-refractivity contribution is 7.99. The minimum absolute atomic E-state index is 0.196.